The van der Waals surface area contributed by atoms with Crippen LogP contribution < -0.4 is 0 Å². The van der Waals surface area contributed by atoms with E-state index in [0.29, 0.717) is 11.8 Å². The van der Waals surface area contributed by atoms with E-state index in [2.05, 4.69) is 65.8 Å². The molecule has 4 nitrogen and oxygen atoms in total. The fourth-order valence-electron chi connectivity index (χ4n) is 7.84. The molecule has 2 aromatic carbocycles. The van der Waals surface area contributed by atoms with E-state index in [4.69, 9.17) is 16.3 Å². The minimum Gasteiger partial charge on any atom is -0.462 e. The van der Waals surface area contributed by atoms with E-state index in [0.717, 1.165) is 57.0 Å². The van der Waals surface area contributed by atoms with Crippen LogP contribution in [0.2, 0.25) is 5.02 Å². The van der Waals surface area contributed by atoms with Crippen LogP contribution >= 0.6 is 11.6 Å². The first-order valence-electron chi connectivity index (χ1n) is 14.1. The average molecular weight is 519 g/mol. The predicted octanol–water partition coefficient (Wildman–Crippen LogP) is 6.36. The van der Waals surface area contributed by atoms with E-state index >= 15 is 0 Å². The lowest BCUT2D eigenvalue weighted by Crippen LogP contribution is -2.50. The van der Waals surface area contributed by atoms with Gasteiger partial charge >= 0.3 is 5.97 Å². The third-order valence-electron chi connectivity index (χ3n) is 9.85. The number of esters is 1. The normalized spacial score (nSPS) is 33.5. The van der Waals surface area contributed by atoms with Gasteiger partial charge in [0.25, 0.3) is 0 Å². The predicted molar refractivity (Wildman–Crippen MR) is 148 cm³/mol. The maximum atomic E-state index is 13.1. The first kappa shape index (κ1) is 25.2. The Morgan fingerprint density at radius 2 is 1.76 bits per heavy atom. The first-order chi connectivity index (χ1) is 17.9. The molecule has 4 fully saturated rings. The van der Waals surface area contributed by atoms with Crippen LogP contribution in [0.5, 0.6) is 0 Å². The number of piperazine rings is 1. The van der Waals surface area contributed by atoms with Crippen LogP contribution in [0, 0.1) is 23.2 Å². The second-order valence-corrected chi connectivity index (χ2v) is 12.5. The van der Waals surface area contributed by atoms with Gasteiger partial charge in [0.2, 0.25) is 0 Å². The number of rotatable bonds is 5. The van der Waals surface area contributed by atoms with Crippen molar-refractivity contribution in [1.82, 2.24) is 9.80 Å². The molecular weight excluding hydrogens is 480 g/mol. The van der Waals surface area contributed by atoms with Crippen LogP contribution in [0.3, 0.4) is 0 Å². The minimum absolute atomic E-state index is 0.00277. The van der Waals surface area contributed by atoms with Gasteiger partial charge in [-0.25, -0.2) is 0 Å². The zero-order chi connectivity index (χ0) is 25.6. The fourth-order valence-corrected chi connectivity index (χ4v) is 7.97. The van der Waals surface area contributed by atoms with E-state index in [1.807, 2.05) is 12.1 Å². The molecule has 2 saturated heterocycles. The Morgan fingerprint density at radius 1 is 1.05 bits per heavy atom. The molecule has 2 aliphatic heterocycles. The Morgan fingerprint density at radius 3 is 2.49 bits per heavy atom. The highest BCUT2D eigenvalue weighted by Gasteiger charge is 2.55. The lowest BCUT2D eigenvalue weighted by molar-refractivity contribution is -0.146. The molecule has 6 unspecified atom stereocenters. The molecule has 0 spiro atoms. The number of hydrogen-bond donors (Lipinski definition) is 0. The molecular formula is C32H39ClN2O2. The van der Waals surface area contributed by atoms with E-state index in [-0.39, 0.29) is 29.4 Å². The minimum atomic E-state index is -0.00277. The number of hydrogen-bond acceptors (Lipinski definition) is 4. The molecule has 4 aliphatic rings. The Bertz CT molecular complexity index is 1130. The fraction of sp³-hybridized carbons (Fsp3) is 0.531. The average Bonchev–Trinajstić information content (AvgIpc) is 3.19. The molecule has 2 aromatic rings. The van der Waals surface area contributed by atoms with Gasteiger partial charge in [0.05, 0.1) is 12.0 Å². The van der Waals surface area contributed by atoms with Gasteiger partial charge < -0.3 is 4.74 Å². The van der Waals surface area contributed by atoms with Gasteiger partial charge in [0, 0.05) is 43.7 Å². The Hall–Kier alpha value is -2.14. The summed E-state index contributed by atoms with van der Waals surface area (Å²) in [7, 11) is 0. The van der Waals surface area contributed by atoms with Crippen molar-refractivity contribution in [2.24, 2.45) is 23.2 Å². The van der Waals surface area contributed by atoms with Crippen LogP contribution in [-0.4, -0.2) is 54.6 Å². The molecule has 0 bridgehead atoms. The van der Waals surface area contributed by atoms with Crippen LogP contribution in [0.1, 0.15) is 56.2 Å². The SMILES string of the molecule is C=C1CCCC2(C)CC3OC(=O)C(CN4CCN(C(c5ccccc5)c5ccc(Cl)cc5)CC4)C3CC12. The summed E-state index contributed by atoms with van der Waals surface area (Å²) in [6, 6.07) is 19.2. The lowest BCUT2D eigenvalue weighted by Gasteiger charge is -2.50. The smallest absolute Gasteiger partial charge is 0.310 e. The third-order valence-corrected chi connectivity index (χ3v) is 10.1. The van der Waals surface area contributed by atoms with Crippen molar-refractivity contribution in [2.45, 2.75) is 51.2 Å². The molecule has 5 heteroatoms. The first-order valence-corrected chi connectivity index (χ1v) is 14.4. The van der Waals surface area contributed by atoms with E-state index in [9.17, 15) is 4.79 Å². The summed E-state index contributed by atoms with van der Waals surface area (Å²) in [5.41, 5.74) is 4.24. The number of carbonyl (C=O) groups is 1. The molecule has 2 aliphatic carbocycles. The van der Waals surface area contributed by atoms with Crippen LogP contribution in [-0.2, 0) is 9.53 Å². The second kappa shape index (κ2) is 10.2. The number of halogens is 1. The molecule has 6 atom stereocenters. The molecule has 0 N–H and O–H groups in total. The van der Waals surface area contributed by atoms with Crippen molar-refractivity contribution >= 4 is 17.6 Å². The molecule has 196 valence electrons. The summed E-state index contributed by atoms with van der Waals surface area (Å²) in [5, 5.41) is 0.766. The van der Waals surface area contributed by atoms with Gasteiger partial charge in [0.15, 0.2) is 0 Å². The second-order valence-electron chi connectivity index (χ2n) is 12.1. The summed E-state index contributed by atoms with van der Waals surface area (Å²) in [5.74, 6) is 0.914. The number of benzene rings is 2. The number of nitrogens with zero attached hydrogens (tertiary/aromatic N) is 2. The van der Waals surface area contributed by atoms with E-state index < -0.39 is 0 Å². The number of fused-ring (bicyclic) bond motifs is 2. The van der Waals surface area contributed by atoms with Gasteiger partial charge in [-0.3, -0.25) is 14.6 Å². The van der Waals surface area contributed by atoms with Crippen molar-refractivity contribution in [3.05, 3.63) is 82.9 Å². The van der Waals surface area contributed by atoms with Gasteiger partial charge in [0.1, 0.15) is 6.10 Å². The number of ether oxygens (including phenoxy) is 1. The van der Waals surface area contributed by atoms with Crippen molar-refractivity contribution in [3.8, 4) is 0 Å². The third kappa shape index (κ3) is 4.89. The summed E-state index contributed by atoms with van der Waals surface area (Å²) in [6.45, 7) is 11.5. The van der Waals surface area contributed by atoms with Crippen molar-refractivity contribution in [1.29, 1.82) is 0 Å². The topological polar surface area (TPSA) is 32.8 Å². The zero-order valence-corrected chi connectivity index (χ0v) is 22.7. The summed E-state index contributed by atoms with van der Waals surface area (Å²) < 4.78 is 6.04. The molecule has 0 amide bonds. The van der Waals surface area contributed by atoms with Gasteiger partial charge in [-0.05, 0) is 66.7 Å². The van der Waals surface area contributed by atoms with Crippen LogP contribution in [0.25, 0.3) is 0 Å². The molecule has 0 radical (unpaired) electrons. The standard InChI is InChI=1S/C32H39ClN2O2/c1-22-7-6-14-32(2)20-29-26(19-28(22)32)27(31(36)37-29)21-34-15-17-35(18-16-34)30(23-8-4-3-5-9-23)24-10-12-25(33)13-11-24/h3-5,8-13,26-30H,1,6-7,14-21H2,2H3. The molecule has 6 rings (SSSR count). The Balaban J connectivity index is 1.13. The van der Waals surface area contributed by atoms with Crippen LogP contribution in [0.15, 0.2) is 66.7 Å². The maximum absolute atomic E-state index is 13.1. The van der Waals surface area contributed by atoms with Crippen molar-refractivity contribution in [2.75, 3.05) is 32.7 Å². The quantitative estimate of drug-likeness (QED) is 0.340. The molecule has 2 heterocycles. The molecule has 37 heavy (non-hydrogen) atoms. The number of allylic oxidation sites excluding steroid dienone is 1. The van der Waals surface area contributed by atoms with Crippen molar-refractivity contribution in [3.63, 3.8) is 0 Å². The largest absolute Gasteiger partial charge is 0.462 e. The lowest BCUT2D eigenvalue weighted by atomic mass is 9.55. The van der Waals surface area contributed by atoms with Gasteiger partial charge in [-0.2, -0.15) is 0 Å². The van der Waals surface area contributed by atoms with Gasteiger partial charge in [-0.15, -0.1) is 0 Å². The van der Waals surface area contributed by atoms with Crippen LogP contribution in [0.4, 0.5) is 0 Å². The Labute approximate surface area is 226 Å². The summed E-state index contributed by atoms with van der Waals surface area (Å²) >= 11 is 6.20. The zero-order valence-electron chi connectivity index (χ0n) is 21.9. The highest BCUT2D eigenvalue weighted by molar-refractivity contribution is 6.30. The Kier molecular flexibility index (Phi) is 6.94. The highest BCUT2D eigenvalue weighted by Crippen LogP contribution is 2.57. The summed E-state index contributed by atoms with van der Waals surface area (Å²) in [6.07, 6.45) is 5.79. The monoisotopic (exact) mass is 518 g/mol. The van der Waals surface area contributed by atoms with E-state index in [1.165, 1.54) is 29.5 Å². The summed E-state index contributed by atoms with van der Waals surface area (Å²) in [4.78, 5) is 18.2. The number of carbonyl (C=O) groups excluding carboxylic acids is 1. The van der Waals surface area contributed by atoms with Crippen molar-refractivity contribution < 1.29 is 9.53 Å². The maximum Gasteiger partial charge on any atom is 0.310 e. The highest BCUT2D eigenvalue weighted by atomic mass is 35.5. The molecule has 2 saturated carbocycles. The molecule has 0 aromatic heterocycles. The van der Waals surface area contributed by atoms with E-state index in [1.54, 1.807) is 0 Å². The van der Waals surface area contributed by atoms with Gasteiger partial charge in [-0.1, -0.05) is 73.1 Å².